The van der Waals surface area contributed by atoms with E-state index in [1.165, 1.54) is 51.6 Å². The van der Waals surface area contributed by atoms with Gasteiger partial charge in [-0.15, -0.1) is 0 Å². The highest BCUT2D eigenvalue weighted by molar-refractivity contribution is 5.80. The third-order valence-electron chi connectivity index (χ3n) is 6.23. The van der Waals surface area contributed by atoms with Gasteiger partial charge in [0.25, 0.3) is 5.56 Å². The van der Waals surface area contributed by atoms with Crippen molar-refractivity contribution in [2.75, 3.05) is 19.6 Å². The second kappa shape index (κ2) is 7.26. The second-order valence-electron chi connectivity index (χ2n) is 7.74. The third-order valence-corrected chi connectivity index (χ3v) is 6.23. The van der Waals surface area contributed by atoms with Crippen LogP contribution in [-0.4, -0.2) is 35.5 Å². The predicted molar refractivity (Wildman–Crippen MR) is 101 cm³/mol. The first-order valence-electron chi connectivity index (χ1n) is 9.65. The van der Waals surface area contributed by atoms with Gasteiger partial charge in [-0.2, -0.15) is 5.10 Å². The number of hydrogen-bond donors (Lipinski definition) is 2. The molecule has 2 fully saturated rings. The van der Waals surface area contributed by atoms with E-state index < -0.39 is 0 Å². The number of fused-ring (bicyclic) bond motifs is 1. The summed E-state index contributed by atoms with van der Waals surface area (Å²) in [5, 5.41) is 13.1. The van der Waals surface area contributed by atoms with Crippen LogP contribution >= 0.6 is 0 Å². The van der Waals surface area contributed by atoms with Gasteiger partial charge in [-0.3, -0.25) is 4.79 Å². The molecule has 134 valence electrons. The molecule has 0 bridgehead atoms. The van der Waals surface area contributed by atoms with E-state index in [1.807, 2.05) is 24.3 Å². The number of benzene rings is 1. The van der Waals surface area contributed by atoms with Gasteiger partial charge in [-0.25, -0.2) is 4.68 Å². The average molecular weight is 340 g/mol. The van der Waals surface area contributed by atoms with Crippen LogP contribution in [0.2, 0.25) is 0 Å². The van der Waals surface area contributed by atoms with Crippen LogP contribution < -0.4 is 16.2 Å². The van der Waals surface area contributed by atoms with E-state index in [-0.39, 0.29) is 5.56 Å². The molecule has 1 aromatic heterocycles. The maximum Gasteiger partial charge on any atom is 0.274 e. The Morgan fingerprint density at radius 3 is 2.72 bits per heavy atom. The Bertz CT molecular complexity index is 769. The van der Waals surface area contributed by atoms with Gasteiger partial charge in [0.1, 0.15) is 0 Å². The van der Waals surface area contributed by atoms with Crippen molar-refractivity contribution >= 4 is 10.8 Å². The van der Waals surface area contributed by atoms with E-state index in [9.17, 15) is 4.79 Å². The summed E-state index contributed by atoms with van der Waals surface area (Å²) in [6.45, 7) is 3.82. The fraction of sp³-hybridized carbons (Fsp3) is 0.600. The minimum absolute atomic E-state index is 0.0113. The zero-order chi connectivity index (χ0) is 17.1. The van der Waals surface area contributed by atoms with Gasteiger partial charge in [-0.1, -0.05) is 18.2 Å². The normalized spacial score (nSPS) is 21.0. The SMILES string of the molecule is O=c1c2ccccc2cnn1CCNC1CCC2(CCNCC2)CC1. The highest BCUT2D eigenvalue weighted by atomic mass is 16.1. The zero-order valence-corrected chi connectivity index (χ0v) is 14.8. The monoisotopic (exact) mass is 340 g/mol. The van der Waals surface area contributed by atoms with Crippen molar-refractivity contribution in [3.63, 3.8) is 0 Å². The van der Waals surface area contributed by atoms with Gasteiger partial charge in [0.05, 0.1) is 18.1 Å². The van der Waals surface area contributed by atoms with Crippen LogP contribution in [0.4, 0.5) is 0 Å². The summed E-state index contributed by atoms with van der Waals surface area (Å²) >= 11 is 0. The van der Waals surface area contributed by atoms with Crippen molar-refractivity contribution in [2.24, 2.45) is 5.41 Å². The van der Waals surface area contributed by atoms with Gasteiger partial charge in [0.2, 0.25) is 0 Å². The summed E-state index contributed by atoms with van der Waals surface area (Å²) < 4.78 is 1.59. The first-order chi connectivity index (χ1) is 12.3. The predicted octanol–water partition coefficient (Wildman–Crippen LogP) is 2.30. The number of rotatable bonds is 4. The summed E-state index contributed by atoms with van der Waals surface area (Å²) in [6.07, 6.45) is 9.70. The molecule has 25 heavy (non-hydrogen) atoms. The Kier molecular flexibility index (Phi) is 4.86. The fourth-order valence-corrected chi connectivity index (χ4v) is 4.55. The van der Waals surface area contributed by atoms with E-state index >= 15 is 0 Å². The molecular weight excluding hydrogens is 312 g/mol. The molecule has 0 atom stereocenters. The second-order valence-corrected chi connectivity index (χ2v) is 7.74. The highest BCUT2D eigenvalue weighted by Gasteiger charge is 2.35. The molecule has 1 aromatic carbocycles. The van der Waals surface area contributed by atoms with E-state index in [1.54, 1.807) is 10.9 Å². The lowest BCUT2D eigenvalue weighted by Gasteiger charge is -2.43. The Morgan fingerprint density at radius 2 is 1.92 bits per heavy atom. The Hall–Kier alpha value is -1.72. The molecule has 1 saturated carbocycles. The van der Waals surface area contributed by atoms with Gasteiger partial charge in [0.15, 0.2) is 0 Å². The topological polar surface area (TPSA) is 59.0 Å². The molecule has 0 amide bonds. The van der Waals surface area contributed by atoms with Gasteiger partial charge in [-0.05, 0) is 63.1 Å². The molecule has 0 unspecified atom stereocenters. The molecule has 5 nitrogen and oxygen atoms in total. The minimum Gasteiger partial charge on any atom is -0.317 e. The van der Waals surface area contributed by atoms with Crippen molar-refractivity contribution in [3.05, 3.63) is 40.8 Å². The lowest BCUT2D eigenvalue weighted by Crippen LogP contribution is -2.44. The first-order valence-corrected chi connectivity index (χ1v) is 9.65. The summed E-state index contributed by atoms with van der Waals surface area (Å²) in [7, 11) is 0. The average Bonchev–Trinajstić information content (AvgIpc) is 2.66. The summed E-state index contributed by atoms with van der Waals surface area (Å²) in [6, 6.07) is 8.25. The molecule has 2 aliphatic rings. The molecule has 5 heteroatoms. The van der Waals surface area contributed by atoms with Crippen molar-refractivity contribution in [2.45, 2.75) is 51.1 Å². The van der Waals surface area contributed by atoms with Gasteiger partial charge >= 0.3 is 0 Å². The van der Waals surface area contributed by atoms with Gasteiger partial charge < -0.3 is 10.6 Å². The van der Waals surface area contributed by atoms with Crippen molar-refractivity contribution in [1.29, 1.82) is 0 Å². The number of hydrogen-bond acceptors (Lipinski definition) is 4. The zero-order valence-electron chi connectivity index (χ0n) is 14.8. The molecule has 2 aromatic rings. The first kappa shape index (κ1) is 16.7. The fourth-order valence-electron chi connectivity index (χ4n) is 4.55. The van der Waals surface area contributed by atoms with E-state index in [4.69, 9.17) is 0 Å². The largest absolute Gasteiger partial charge is 0.317 e. The lowest BCUT2D eigenvalue weighted by molar-refractivity contribution is 0.115. The van der Waals surface area contributed by atoms with Crippen molar-refractivity contribution in [3.8, 4) is 0 Å². The van der Waals surface area contributed by atoms with Crippen molar-refractivity contribution < 1.29 is 0 Å². The lowest BCUT2D eigenvalue weighted by atomic mass is 9.67. The number of piperidine rings is 1. The molecule has 1 spiro atoms. The van der Waals surface area contributed by atoms with Crippen LogP contribution in [0.1, 0.15) is 38.5 Å². The molecule has 1 aliphatic heterocycles. The molecule has 2 N–H and O–H groups in total. The van der Waals surface area contributed by atoms with Gasteiger partial charge in [0, 0.05) is 18.0 Å². The molecule has 4 rings (SSSR count). The molecule has 0 radical (unpaired) electrons. The summed E-state index contributed by atoms with van der Waals surface area (Å²) in [5.41, 5.74) is 0.623. The van der Waals surface area contributed by atoms with Crippen LogP contribution in [-0.2, 0) is 6.54 Å². The van der Waals surface area contributed by atoms with Crippen LogP contribution in [0.25, 0.3) is 10.8 Å². The minimum atomic E-state index is 0.0113. The highest BCUT2D eigenvalue weighted by Crippen LogP contribution is 2.43. The van der Waals surface area contributed by atoms with Crippen LogP contribution in [0, 0.1) is 5.41 Å². The number of aromatic nitrogens is 2. The number of nitrogens with one attached hydrogen (secondary N) is 2. The molecular formula is C20H28N4O. The Morgan fingerprint density at radius 1 is 1.16 bits per heavy atom. The third kappa shape index (κ3) is 3.62. The van der Waals surface area contributed by atoms with Crippen LogP contribution in [0.5, 0.6) is 0 Å². The maximum absolute atomic E-state index is 12.5. The van der Waals surface area contributed by atoms with Crippen molar-refractivity contribution in [1.82, 2.24) is 20.4 Å². The molecule has 2 heterocycles. The quantitative estimate of drug-likeness (QED) is 0.897. The van der Waals surface area contributed by atoms with E-state index in [0.29, 0.717) is 18.0 Å². The summed E-state index contributed by atoms with van der Waals surface area (Å²) in [5.74, 6) is 0. The van der Waals surface area contributed by atoms with Crippen LogP contribution in [0.3, 0.4) is 0 Å². The Balaban J connectivity index is 1.30. The van der Waals surface area contributed by atoms with E-state index in [0.717, 1.165) is 17.3 Å². The molecule has 1 saturated heterocycles. The summed E-state index contributed by atoms with van der Waals surface area (Å²) in [4.78, 5) is 12.5. The molecule has 1 aliphatic carbocycles. The van der Waals surface area contributed by atoms with Crippen LogP contribution in [0.15, 0.2) is 35.3 Å². The number of nitrogens with zero attached hydrogens (tertiary/aromatic N) is 2. The smallest absolute Gasteiger partial charge is 0.274 e. The Labute approximate surface area is 148 Å². The standard InChI is InChI=1S/C20H28N4O/c25-19-18-4-2-1-3-16(18)15-23-24(19)14-13-22-17-5-7-20(8-6-17)9-11-21-12-10-20/h1-4,15,17,21-22H,5-14H2. The maximum atomic E-state index is 12.5. The van der Waals surface area contributed by atoms with E-state index in [2.05, 4.69) is 15.7 Å².